The quantitative estimate of drug-likeness (QED) is 0.693. The molecule has 1 aromatic rings. The van der Waals surface area contributed by atoms with Gasteiger partial charge in [0.1, 0.15) is 6.04 Å². The second kappa shape index (κ2) is 8.26. The molecule has 25 heavy (non-hydrogen) atoms. The number of ether oxygens (including phenoxy) is 1. The van der Waals surface area contributed by atoms with Gasteiger partial charge in [-0.2, -0.15) is 0 Å². The van der Waals surface area contributed by atoms with E-state index in [9.17, 15) is 9.59 Å². The summed E-state index contributed by atoms with van der Waals surface area (Å²) in [4.78, 5) is 27.5. The molecule has 3 rings (SSSR count). The summed E-state index contributed by atoms with van der Waals surface area (Å²) < 4.78 is 5.35. The number of hydrogen-bond donors (Lipinski definition) is 0. The molecule has 136 valence electrons. The van der Waals surface area contributed by atoms with Crippen LogP contribution in [0, 0.1) is 5.92 Å². The highest BCUT2D eigenvalue weighted by molar-refractivity contribution is 8.00. The number of esters is 1. The Labute approximate surface area is 154 Å². The van der Waals surface area contributed by atoms with Crippen LogP contribution < -0.4 is 0 Å². The lowest BCUT2D eigenvalue weighted by molar-refractivity contribution is -0.154. The highest BCUT2D eigenvalue weighted by Crippen LogP contribution is 2.50. The van der Waals surface area contributed by atoms with E-state index in [-0.39, 0.29) is 23.2 Å². The third kappa shape index (κ3) is 4.02. The van der Waals surface area contributed by atoms with Crippen molar-refractivity contribution in [3.8, 4) is 0 Å². The van der Waals surface area contributed by atoms with Gasteiger partial charge in [-0.3, -0.25) is 4.79 Å². The van der Waals surface area contributed by atoms with Gasteiger partial charge in [-0.25, -0.2) is 4.79 Å². The molecule has 1 aromatic carbocycles. The summed E-state index contributed by atoms with van der Waals surface area (Å²) in [6.45, 7) is 4.53. The van der Waals surface area contributed by atoms with E-state index in [1.165, 1.54) is 5.56 Å². The van der Waals surface area contributed by atoms with Gasteiger partial charge >= 0.3 is 5.97 Å². The number of nitrogens with zero attached hydrogens (tertiary/aromatic N) is 1. The van der Waals surface area contributed by atoms with Crippen LogP contribution in [0.3, 0.4) is 0 Å². The maximum Gasteiger partial charge on any atom is 0.329 e. The van der Waals surface area contributed by atoms with Crippen molar-refractivity contribution in [3.05, 3.63) is 35.9 Å². The largest absolute Gasteiger partial charge is 0.464 e. The van der Waals surface area contributed by atoms with E-state index >= 15 is 0 Å². The van der Waals surface area contributed by atoms with Crippen LogP contribution in [0.4, 0.5) is 0 Å². The number of rotatable bonds is 7. The van der Waals surface area contributed by atoms with Gasteiger partial charge in [0, 0.05) is 11.7 Å². The molecule has 4 atom stereocenters. The molecule has 1 saturated carbocycles. The zero-order valence-corrected chi connectivity index (χ0v) is 15.8. The molecule has 0 spiro atoms. The molecule has 1 amide bonds. The Morgan fingerprint density at radius 2 is 1.96 bits per heavy atom. The van der Waals surface area contributed by atoms with E-state index < -0.39 is 6.04 Å². The predicted molar refractivity (Wildman–Crippen MR) is 100 cm³/mol. The monoisotopic (exact) mass is 361 g/mol. The van der Waals surface area contributed by atoms with Crippen LogP contribution in [-0.2, 0) is 14.3 Å². The molecule has 1 saturated heterocycles. The summed E-state index contributed by atoms with van der Waals surface area (Å²) in [6, 6.07) is 9.80. The number of benzene rings is 1. The van der Waals surface area contributed by atoms with Gasteiger partial charge in [0.2, 0.25) is 5.91 Å². The maximum absolute atomic E-state index is 13.2. The first kappa shape index (κ1) is 18.3. The molecule has 4 unspecified atom stereocenters. The average Bonchev–Trinajstić information content (AvgIpc) is 3.33. The Morgan fingerprint density at radius 3 is 2.64 bits per heavy atom. The zero-order chi connectivity index (χ0) is 17.8. The molecule has 1 aliphatic heterocycles. The highest BCUT2D eigenvalue weighted by Gasteiger charge is 2.51. The minimum atomic E-state index is -0.419. The van der Waals surface area contributed by atoms with Crippen LogP contribution >= 0.6 is 11.8 Å². The van der Waals surface area contributed by atoms with E-state index in [0.717, 1.165) is 25.7 Å². The second-order valence-electron chi connectivity index (χ2n) is 6.86. The molecule has 0 aromatic heterocycles. The average molecular weight is 362 g/mol. The number of hydrogen-bond acceptors (Lipinski definition) is 4. The fourth-order valence-corrected chi connectivity index (χ4v) is 5.05. The third-order valence-electron chi connectivity index (χ3n) is 4.94. The van der Waals surface area contributed by atoms with Crippen molar-refractivity contribution in [1.29, 1.82) is 0 Å². The van der Waals surface area contributed by atoms with Crippen LogP contribution in [-0.4, -0.2) is 40.6 Å². The topological polar surface area (TPSA) is 46.6 Å². The molecule has 1 heterocycles. The van der Waals surface area contributed by atoms with E-state index in [0.29, 0.717) is 18.3 Å². The number of amides is 1. The summed E-state index contributed by atoms with van der Waals surface area (Å²) in [7, 11) is 0. The summed E-state index contributed by atoms with van der Waals surface area (Å²) in [6.07, 6.45) is 3.62. The molecular weight excluding hydrogens is 334 g/mol. The summed E-state index contributed by atoms with van der Waals surface area (Å²) in [5.74, 6) is 0.867. The summed E-state index contributed by atoms with van der Waals surface area (Å²) >= 11 is 1.72. The molecule has 0 radical (unpaired) electrons. The number of thioether (sulfide) groups is 1. The molecular formula is C20H27NO3S. The van der Waals surface area contributed by atoms with Gasteiger partial charge in [-0.1, -0.05) is 50.6 Å². The van der Waals surface area contributed by atoms with Gasteiger partial charge < -0.3 is 9.64 Å². The highest BCUT2D eigenvalue weighted by atomic mass is 32.2. The van der Waals surface area contributed by atoms with Crippen molar-refractivity contribution in [3.63, 3.8) is 0 Å². The first-order valence-corrected chi connectivity index (χ1v) is 10.4. The lowest BCUT2D eigenvalue weighted by Crippen LogP contribution is -2.47. The van der Waals surface area contributed by atoms with Crippen LogP contribution in [0.25, 0.3) is 0 Å². The molecule has 0 bridgehead atoms. The molecule has 2 aliphatic rings. The minimum Gasteiger partial charge on any atom is -0.464 e. The van der Waals surface area contributed by atoms with Crippen molar-refractivity contribution < 1.29 is 14.3 Å². The lowest BCUT2D eigenvalue weighted by Gasteiger charge is -2.28. The normalized spacial score (nSPS) is 28.0. The van der Waals surface area contributed by atoms with E-state index in [1.54, 1.807) is 11.8 Å². The van der Waals surface area contributed by atoms with Crippen molar-refractivity contribution >= 4 is 23.6 Å². The number of carbonyl (C=O) groups is 2. The maximum atomic E-state index is 13.2. The van der Waals surface area contributed by atoms with Gasteiger partial charge in [-0.15, -0.1) is 11.8 Å². The third-order valence-corrected chi connectivity index (χ3v) is 6.29. The van der Waals surface area contributed by atoms with E-state index in [2.05, 4.69) is 19.1 Å². The van der Waals surface area contributed by atoms with Crippen LogP contribution in [0.1, 0.15) is 51.0 Å². The second-order valence-corrected chi connectivity index (χ2v) is 8.08. The SMILES string of the molecule is CCCOC(=O)C1CSC(CCC)N1C(=O)C1CC1c1ccccc1. The Hall–Kier alpha value is -1.49. The molecule has 1 aliphatic carbocycles. The minimum absolute atomic E-state index is 0.0157. The number of carbonyl (C=O) groups excluding carboxylic acids is 2. The van der Waals surface area contributed by atoms with Crippen molar-refractivity contribution in [2.75, 3.05) is 12.4 Å². The fourth-order valence-electron chi connectivity index (χ4n) is 3.54. The van der Waals surface area contributed by atoms with Crippen LogP contribution in [0.15, 0.2) is 30.3 Å². The first-order chi connectivity index (χ1) is 12.2. The zero-order valence-electron chi connectivity index (χ0n) is 15.0. The first-order valence-electron chi connectivity index (χ1n) is 9.32. The lowest BCUT2D eigenvalue weighted by atomic mass is 10.1. The molecule has 2 fully saturated rings. The van der Waals surface area contributed by atoms with Crippen LogP contribution in [0.2, 0.25) is 0 Å². The standard InChI is InChI=1S/C20H27NO3S/c1-3-8-18-21(17(13-25-18)20(23)24-11-4-2)19(22)16-12-15(16)14-9-6-5-7-10-14/h5-7,9-10,15-18H,3-4,8,11-13H2,1-2H3. The molecule has 4 nitrogen and oxygen atoms in total. The van der Waals surface area contributed by atoms with E-state index in [4.69, 9.17) is 4.74 Å². The molecule has 0 N–H and O–H groups in total. The van der Waals surface area contributed by atoms with Crippen LogP contribution in [0.5, 0.6) is 0 Å². The Kier molecular flexibility index (Phi) is 6.05. The predicted octanol–water partition coefficient (Wildman–Crippen LogP) is 3.81. The Morgan fingerprint density at radius 1 is 1.20 bits per heavy atom. The summed E-state index contributed by atoms with van der Waals surface area (Å²) in [5.41, 5.74) is 1.23. The Balaban J connectivity index is 1.71. The van der Waals surface area contributed by atoms with Gasteiger partial charge in [0.15, 0.2) is 0 Å². The molecule has 5 heteroatoms. The van der Waals surface area contributed by atoms with Crippen molar-refractivity contribution in [2.45, 2.75) is 56.9 Å². The fraction of sp³-hybridized carbons (Fsp3) is 0.600. The van der Waals surface area contributed by atoms with Crippen molar-refractivity contribution in [1.82, 2.24) is 4.90 Å². The van der Waals surface area contributed by atoms with Gasteiger partial charge in [0.05, 0.1) is 12.0 Å². The van der Waals surface area contributed by atoms with Gasteiger partial charge in [-0.05, 0) is 30.7 Å². The van der Waals surface area contributed by atoms with E-state index in [1.807, 2.05) is 30.0 Å². The Bertz CT molecular complexity index is 606. The smallest absolute Gasteiger partial charge is 0.329 e. The summed E-state index contributed by atoms with van der Waals surface area (Å²) in [5, 5.41) is 0.105. The van der Waals surface area contributed by atoms with Gasteiger partial charge in [0.25, 0.3) is 0 Å². The van der Waals surface area contributed by atoms with Crippen molar-refractivity contribution in [2.24, 2.45) is 5.92 Å².